The molecule has 0 unspecified atom stereocenters. The Morgan fingerprint density at radius 1 is 1.28 bits per heavy atom. The topological polar surface area (TPSA) is 68.2 Å². The fourth-order valence-electron chi connectivity index (χ4n) is 3.81. The van der Waals surface area contributed by atoms with Crippen LogP contribution in [0.1, 0.15) is 42.4 Å². The summed E-state index contributed by atoms with van der Waals surface area (Å²) in [6.07, 6.45) is -0.0262. The summed E-state index contributed by atoms with van der Waals surface area (Å²) in [6, 6.07) is 10.8. The van der Waals surface area contributed by atoms with Gasteiger partial charge >= 0.3 is 6.09 Å². The zero-order valence-electron chi connectivity index (χ0n) is 18.2. The maximum atomic E-state index is 13.5. The summed E-state index contributed by atoms with van der Waals surface area (Å²) in [4.78, 5) is 34.0. The first-order valence-electron chi connectivity index (χ1n) is 10.4. The zero-order valence-corrected chi connectivity index (χ0v) is 21.4. The van der Waals surface area contributed by atoms with Gasteiger partial charge in [-0.3, -0.25) is 4.79 Å². The maximum Gasteiger partial charge on any atom is 0.423 e. The van der Waals surface area contributed by atoms with E-state index in [2.05, 4.69) is 22.0 Å². The highest BCUT2D eigenvalue weighted by molar-refractivity contribution is 9.10. The Labute approximate surface area is 204 Å². The molecule has 1 saturated heterocycles. The molecule has 0 radical (unpaired) electrons. The summed E-state index contributed by atoms with van der Waals surface area (Å²) in [5.74, 6) is 0.400. The second-order valence-electron chi connectivity index (χ2n) is 8.77. The molecule has 2 aliphatic heterocycles. The molecule has 2 aliphatic rings. The molecule has 0 saturated carbocycles. The van der Waals surface area contributed by atoms with Gasteiger partial charge in [0.05, 0.1) is 6.61 Å². The van der Waals surface area contributed by atoms with E-state index in [1.807, 2.05) is 11.4 Å². The Morgan fingerprint density at radius 3 is 2.69 bits per heavy atom. The molecule has 1 fully saturated rings. The first-order chi connectivity index (χ1) is 15.2. The van der Waals surface area contributed by atoms with Gasteiger partial charge in [0.25, 0.3) is 5.91 Å². The normalized spacial score (nSPS) is 23.1. The first kappa shape index (κ1) is 23.5. The number of hydrogen-bond acceptors (Lipinski definition) is 7. The second kappa shape index (κ2) is 9.29. The number of amides is 2. The van der Waals surface area contributed by atoms with Crippen LogP contribution in [0.4, 0.5) is 4.79 Å². The number of fused-ring (bicyclic) bond motifs is 1. The molecular weight excluding hydrogens is 512 g/mol. The lowest BCUT2D eigenvalue weighted by atomic mass is 9.80. The van der Waals surface area contributed by atoms with E-state index in [0.29, 0.717) is 36.1 Å². The van der Waals surface area contributed by atoms with Crippen molar-refractivity contribution < 1.29 is 19.1 Å². The second-order valence-corrected chi connectivity index (χ2v) is 11.6. The van der Waals surface area contributed by atoms with Crippen LogP contribution in [-0.4, -0.2) is 46.6 Å². The van der Waals surface area contributed by atoms with E-state index in [1.54, 1.807) is 56.4 Å². The lowest BCUT2D eigenvalue weighted by molar-refractivity contribution is 0.0104. The van der Waals surface area contributed by atoms with E-state index in [4.69, 9.17) is 14.5 Å². The van der Waals surface area contributed by atoms with Crippen LogP contribution in [-0.2, 0) is 15.0 Å². The number of imide groups is 1. The van der Waals surface area contributed by atoms with Crippen LogP contribution in [0, 0.1) is 5.92 Å². The molecule has 2 amide bonds. The number of carbonyl (C=O) groups is 2. The van der Waals surface area contributed by atoms with Crippen molar-refractivity contribution >= 4 is 56.2 Å². The van der Waals surface area contributed by atoms with Crippen LogP contribution in [0.5, 0.6) is 0 Å². The van der Waals surface area contributed by atoms with Crippen molar-refractivity contribution in [3.63, 3.8) is 0 Å². The summed E-state index contributed by atoms with van der Waals surface area (Å²) in [7, 11) is 0. The third kappa shape index (κ3) is 4.81. The number of thioether (sulfide) groups is 1. The van der Waals surface area contributed by atoms with Crippen molar-refractivity contribution in [2.24, 2.45) is 10.9 Å². The third-order valence-corrected chi connectivity index (χ3v) is 8.28. The highest BCUT2D eigenvalue weighted by Crippen LogP contribution is 2.48. The van der Waals surface area contributed by atoms with Crippen molar-refractivity contribution in [3.8, 4) is 0 Å². The summed E-state index contributed by atoms with van der Waals surface area (Å²) in [5.41, 5.74) is -0.875. The number of hydrogen-bond donors (Lipinski definition) is 0. The predicted octanol–water partition coefficient (Wildman–Crippen LogP) is 5.92. The van der Waals surface area contributed by atoms with Crippen LogP contribution in [0.2, 0.25) is 0 Å². The van der Waals surface area contributed by atoms with Gasteiger partial charge in [-0.25, -0.2) is 9.79 Å². The van der Waals surface area contributed by atoms with Gasteiger partial charge in [0.15, 0.2) is 5.17 Å². The molecule has 9 heteroatoms. The quantitative estimate of drug-likeness (QED) is 0.476. The van der Waals surface area contributed by atoms with Gasteiger partial charge in [0.1, 0.15) is 11.1 Å². The number of rotatable bonds is 2. The van der Waals surface area contributed by atoms with Crippen LogP contribution in [0.3, 0.4) is 0 Å². The summed E-state index contributed by atoms with van der Waals surface area (Å²) >= 11 is 6.59. The number of carbonyl (C=O) groups excluding carboxylic acids is 2. The minimum absolute atomic E-state index is 0.155. The smallest absolute Gasteiger partial charge is 0.423 e. The molecule has 2 atom stereocenters. The SMILES string of the molecule is CC(C)(C)OC(=O)N(C(=O)c1ccccc1)C1=N[C@]2(c3cc(Br)cs3)CCOC[C@H]2CS1. The largest absolute Gasteiger partial charge is 0.443 e. The van der Waals surface area contributed by atoms with Crippen LogP contribution < -0.4 is 0 Å². The van der Waals surface area contributed by atoms with E-state index in [-0.39, 0.29) is 5.92 Å². The first-order valence-corrected chi connectivity index (χ1v) is 13.0. The number of benzene rings is 1. The van der Waals surface area contributed by atoms with Gasteiger partial charge < -0.3 is 9.47 Å². The Bertz CT molecular complexity index is 1030. The number of aliphatic imine (C=N–C) groups is 1. The molecule has 170 valence electrons. The van der Waals surface area contributed by atoms with E-state index in [1.165, 1.54) is 11.8 Å². The van der Waals surface area contributed by atoms with Gasteiger partial charge in [-0.05, 0) is 54.9 Å². The standard InChI is InChI=1S/C23H25BrN2O4S2/c1-22(2,3)30-21(28)26(19(27)15-7-5-4-6-8-15)20-25-23(18-11-17(24)14-31-18)9-10-29-12-16(23)13-32-20/h4-8,11,14,16H,9-10,12-13H2,1-3H3/t16-,23+/m0/s1. The molecule has 1 aromatic carbocycles. The average molecular weight is 538 g/mol. The molecule has 3 heterocycles. The lowest BCUT2D eigenvalue weighted by Crippen LogP contribution is -2.50. The Morgan fingerprint density at radius 2 is 2.03 bits per heavy atom. The molecule has 32 heavy (non-hydrogen) atoms. The Hall–Kier alpha value is -1.68. The van der Waals surface area contributed by atoms with Crippen molar-refractivity contribution in [1.29, 1.82) is 0 Å². The Balaban J connectivity index is 1.80. The molecule has 4 rings (SSSR count). The Kier molecular flexibility index (Phi) is 6.81. The molecule has 1 aromatic heterocycles. The maximum absolute atomic E-state index is 13.5. The molecule has 6 nitrogen and oxygen atoms in total. The van der Waals surface area contributed by atoms with Crippen molar-refractivity contribution in [2.75, 3.05) is 19.0 Å². The fraction of sp³-hybridized carbons (Fsp3) is 0.435. The predicted molar refractivity (Wildman–Crippen MR) is 131 cm³/mol. The van der Waals surface area contributed by atoms with Crippen molar-refractivity contribution in [1.82, 2.24) is 4.90 Å². The van der Waals surface area contributed by atoms with Crippen LogP contribution >= 0.6 is 39.0 Å². The number of thiophene rings is 1. The van der Waals surface area contributed by atoms with E-state index >= 15 is 0 Å². The van der Waals surface area contributed by atoms with Gasteiger partial charge in [-0.15, -0.1) is 11.3 Å². The molecule has 0 bridgehead atoms. The van der Waals surface area contributed by atoms with E-state index < -0.39 is 23.1 Å². The average Bonchev–Trinajstić information content (AvgIpc) is 3.20. The number of halogens is 1. The zero-order chi connectivity index (χ0) is 22.9. The molecule has 2 aromatic rings. The van der Waals surface area contributed by atoms with Crippen molar-refractivity contribution in [3.05, 3.63) is 56.7 Å². The summed E-state index contributed by atoms with van der Waals surface area (Å²) in [6.45, 7) is 6.52. The van der Waals surface area contributed by atoms with E-state index in [0.717, 1.165) is 14.2 Å². The van der Waals surface area contributed by atoms with Crippen molar-refractivity contribution in [2.45, 2.75) is 38.3 Å². The monoisotopic (exact) mass is 536 g/mol. The minimum atomic E-state index is -0.746. The lowest BCUT2D eigenvalue weighted by Gasteiger charge is -2.44. The highest BCUT2D eigenvalue weighted by Gasteiger charge is 2.48. The number of ether oxygens (including phenoxy) is 2. The van der Waals surface area contributed by atoms with Gasteiger partial charge in [0, 0.05) is 45.0 Å². The number of nitrogens with zero attached hydrogens (tertiary/aromatic N) is 2. The molecule has 0 N–H and O–H groups in total. The van der Waals surface area contributed by atoms with Gasteiger partial charge in [-0.1, -0.05) is 30.0 Å². The van der Waals surface area contributed by atoms with Gasteiger partial charge in [-0.2, -0.15) is 4.90 Å². The summed E-state index contributed by atoms with van der Waals surface area (Å²) < 4.78 is 12.4. The fourth-order valence-corrected chi connectivity index (χ4v) is 6.72. The molecular formula is C23H25BrN2O4S2. The van der Waals surface area contributed by atoms with E-state index in [9.17, 15) is 9.59 Å². The summed E-state index contributed by atoms with van der Waals surface area (Å²) in [5, 5.41) is 2.41. The number of amidine groups is 1. The molecule has 0 spiro atoms. The van der Waals surface area contributed by atoms with Crippen LogP contribution in [0.15, 0.2) is 51.2 Å². The van der Waals surface area contributed by atoms with Crippen LogP contribution in [0.25, 0.3) is 0 Å². The minimum Gasteiger partial charge on any atom is -0.443 e. The van der Waals surface area contributed by atoms with Gasteiger partial charge in [0.2, 0.25) is 0 Å². The highest BCUT2D eigenvalue weighted by atomic mass is 79.9. The third-order valence-electron chi connectivity index (χ3n) is 5.32. The molecule has 0 aliphatic carbocycles.